The number of aromatic nitrogens is 3. The molecule has 3 rings (SSSR count). The Balaban J connectivity index is 1.68. The number of carbonyl (C=O) groups is 2. The number of anilines is 2. The molecule has 30 heavy (non-hydrogen) atoms. The highest BCUT2D eigenvalue weighted by molar-refractivity contribution is 6.04. The maximum absolute atomic E-state index is 12.7. The molecular weight excluding hydrogens is 386 g/mol. The zero-order valence-electron chi connectivity index (χ0n) is 17.0. The van der Waals surface area contributed by atoms with E-state index in [1.54, 1.807) is 56.5 Å². The Labute approximate surface area is 174 Å². The zero-order valence-corrected chi connectivity index (χ0v) is 17.0. The number of carbonyl (C=O) groups excluding carboxylic acids is 2. The van der Waals surface area contributed by atoms with Crippen molar-refractivity contribution in [1.82, 2.24) is 15.0 Å². The van der Waals surface area contributed by atoms with Gasteiger partial charge in [-0.1, -0.05) is 23.4 Å². The molecule has 0 aliphatic carbocycles. The van der Waals surface area contributed by atoms with Gasteiger partial charge in [-0.15, -0.1) is 5.10 Å². The Kier molecular flexibility index (Phi) is 6.63. The van der Waals surface area contributed by atoms with Crippen LogP contribution in [0.3, 0.4) is 0 Å². The molecule has 0 aliphatic rings. The van der Waals surface area contributed by atoms with E-state index in [0.29, 0.717) is 35.2 Å². The van der Waals surface area contributed by atoms with E-state index in [-0.39, 0.29) is 18.1 Å². The second-order valence-electron chi connectivity index (χ2n) is 6.34. The van der Waals surface area contributed by atoms with Crippen LogP contribution in [0.1, 0.15) is 23.1 Å². The summed E-state index contributed by atoms with van der Waals surface area (Å²) in [6.07, 6.45) is 0. The highest BCUT2D eigenvalue weighted by Gasteiger charge is 2.19. The first-order chi connectivity index (χ1) is 14.5. The van der Waals surface area contributed by atoms with Crippen molar-refractivity contribution in [1.29, 1.82) is 0 Å². The fraction of sp³-hybridized carbons (Fsp3) is 0.238. The van der Waals surface area contributed by atoms with E-state index in [4.69, 9.17) is 9.47 Å². The van der Waals surface area contributed by atoms with Gasteiger partial charge >= 0.3 is 0 Å². The first-order valence-electron chi connectivity index (χ1n) is 9.39. The molecule has 3 aromatic rings. The maximum atomic E-state index is 12.7. The molecule has 0 aliphatic heterocycles. The lowest BCUT2D eigenvalue weighted by atomic mass is 10.2. The third kappa shape index (κ3) is 4.93. The number of hydrogen-bond acceptors (Lipinski definition) is 6. The minimum absolute atomic E-state index is 0.0845. The molecule has 0 saturated heterocycles. The van der Waals surface area contributed by atoms with Gasteiger partial charge in [0.05, 0.1) is 25.1 Å². The molecule has 9 nitrogen and oxygen atoms in total. The first-order valence-corrected chi connectivity index (χ1v) is 9.39. The molecule has 2 aromatic carbocycles. The fourth-order valence-electron chi connectivity index (χ4n) is 2.79. The van der Waals surface area contributed by atoms with E-state index < -0.39 is 5.91 Å². The Bertz CT molecular complexity index is 1050. The molecule has 1 aromatic heterocycles. The Hall–Kier alpha value is -3.88. The number of rotatable bonds is 8. The molecular formula is C21H23N5O4. The summed E-state index contributed by atoms with van der Waals surface area (Å²) < 4.78 is 12.0. The van der Waals surface area contributed by atoms with E-state index in [1.165, 1.54) is 4.68 Å². The minimum Gasteiger partial charge on any atom is -0.497 e. The highest BCUT2D eigenvalue weighted by atomic mass is 16.5. The third-order valence-electron chi connectivity index (χ3n) is 4.28. The monoisotopic (exact) mass is 409 g/mol. The van der Waals surface area contributed by atoms with Gasteiger partial charge in [0.15, 0.2) is 5.69 Å². The van der Waals surface area contributed by atoms with Gasteiger partial charge in [0.2, 0.25) is 5.91 Å². The number of amides is 2. The molecule has 0 unspecified atom stereocenters. The molecule has 1 heterocycles. The summed E-state index contributed by atoms with van der Waals surface area (Å²) >= 11 is 0. The number of nitrogens with one attached hydrogen (secondary N) is 2. The summed E-state index contributed by atoms with van der Waals surface area (Å²) in [6.45, 7) is 3.94. The SMILES string of the molecule is CCOc1ccccc1NC(=O)c1nnn(CC(=O)Nc2cccc(OC)c2)c1C. The molecule has 0 fully saturated rings. The van der Waals surface area contributed by atoms with Crippen molar-refractivity contribution in [3.63, 3.8) is 0 Å². The Morgan fingerprint density at radius 1 is 1.10 bits per heavy atom. The van der Waals surface area contributed by atoms with Crippen LogP contribution in [-0.2, 0) is 11.3 Å². The van der Waals surface area contributed by atoms with Gasteiger partial charge in [0, 0.05) is 11.8 Å². The van der Waals surface area contributed by atoms with Crippen LogP contribution in [0.25, 0.3) is 0 Å². The average Bonchev–Trinajstić information content (AvgIpc) is 3.10. The summed E-state index contributed by atoms with van der Waals surface area (Å²) in [5.41, 5.74) is 1.74. The quantitative estimate of drug-likeness (QED) is 0.592. The lowest BCUT2D eigenvalue weighted by Crippen LogP contribution is -2.21. The van der Waals surface area contributed by atoms with Crippen molar-refractivity contribution >= 4 is 23.2 Å². The van der Waals surface area contributed by atoms with Crippen LogP contribution < -0.4 is 20.1 Å². The van der Waals surface area contributed by atoms with Gasteiger partial charge in [-0.05, 0) is 38.1 Å². The molecule has 156 valence electrons. The molecule has 0 saturated carbocycles. The number of methoxy groups -OCH3 is 1. The number of para-hydroxylation sites is 2. The molecule has 9 heteroatoms. The average molecular weight is 409 g/mol. The van der Waals surface area contributed by atoms with Crippen LogP contribution >= 0.6 is 0 Å². The second-order valence-corrected chi connectivity index (χ2v) is 6.34. The van der Waals surface area contributed by atoms with E-state index in [0.717, 1.165) is 0 Å². The van der Waals surface area contributed by atoms with Gasteiger partial charge in [0.25, 0.3) is 5.91 Å². The lowest BCUT2D eigenvalue weighted by Gasteiger charge is -2.10. The second kappa shape index (κ2) is 9.55. The van der Waals surface area contributed by atoms with Crippen LogP contribution in [0, 0.1) is 6.92 Å². The number of benzene rings is 2. The van der Waals surface area contributed by atoms with Gasteiger partial charge in [-0.3, -0.25) is 9.59 Å². The fourth-order valence-corrected chi connectivity index (χ4v) is 2.79. The Morgan fingerprint density at radius 3 is 2.67 bits per heavy atom. The Morgan fingerprint density at radius 2 is 1.90 bits per heavy atom. The van der Waals surface area contributed by atoms with Crippen molar-refractivity contribution in [3.8, 4) is 11.5 Å². The predicted molar refractivity (Wildman–Crippen MR) is 112 cm³/mol. The normalized spacial score (nSPS) is 10.4. The van der Waals surface area contributed by atoms with Crippen molar-refractivity contribution < 1.29 is 19.1 Å². The van der Waals surface area contributed by atoms with Gasteiger partial charge in [0.1, 0.15) is 18.0 Å². The summed E-state index contributed by atoms with van der Waals surface area (Å²) in [5, 5.41) is 13.4. The minimum atomic E-state index is -0.431. The van der Waals surface area contributed by atoms with Gasteiger partial charge in [-0.2, -0.15) is 0 Å². The van der Waals surface area contributed by atoms with Gasteiger partial charge in [-0.25, -0.2) is 4.68 Å². The predicted octanol–water partition coefficient (Wildman–Crippen LogP) is 2.88. The van der Waals surface area contributed by atoms with Crippen LogP contribution in [0.5, 0.6) is 11.5 Å². The summed E-state index contributed by atoms with van der Waals surface area (Å²) in [4.78, 5) is 25.0. The summed E-state index contributed by atoms with van der Waals surface area (Å²) in [7, 11) is 1.55. The zero-order chi connectivity index (χ0) is 21.5. The molecule has 2 amide bonds. The first kappa shape index (κ1) is 20.8. The lowest BCUT2D eigenvalue weighted by molar-refractivity contribution is -0.117. The highest BCUT2D eigenvalue weighted by Crippen LogP contribution is 2.24. The molecule has 0 atom stereocenters. The smallest absolute Gasteiger partial charge is 0.278 e. The summed E-state index contributed by atoms with van der Waals surface area (Å²) in [5.74, 6) is 0.469. The third-order valence-corrected chi connectivity index (χ3v) is 4.28. The molecule has 2 N–H and O–H groups in total. The molecule has 0 radical (unpaired) electrons. The van der Waals surface area contributed by atoms with E-state index in [2.05, 4.69) is 20.9 Å². The topological polar surface area (TPSA) is 107 Å². The van der Waals surface area contributed by atoms with E-state index >= 15 is 0 Å². The number of hydrogen-bond donors (Lipinski definition) is 2. The van der Waals surface area contributed by atoms with Gasteiger partial charge < -0.3 is 20.1 Å². The van der Waals surface area contributed by atoms with E-state index in [1.807, 2.05) is 13.0 Å². The standard InChI is InChI=1S/C21H23N5O4/c1-4-30-18-11-6-5-10-17(18)23-21(28)20-14(2)26(25-24-20)13-19(27)22-15-8-7-9-16(12-15)29-3/h5-12H,4,13H2,1-3H3,(H,22,27)(H,23,28). The van der Waals surface area contributed by atoms with Crippen molar-refractivity contribution in [2.45, 2.75) is 20.4 Å². The van der Waals surface area contributed by atoms with Crippen LogP contribution in [0.15, 0.2) is 48.5 Å². The summed E-state index contributed by atoms with van der Waals surface area (Å²) in [6, 6.07) is 14.2. The number of ether oxygens (including phenoxy) is 2. The number of nitrogens with zero attached hydrogens (tertiary/aromatic N) is 3. The van der Waals surface area contributed by atoms with Crippen molar-refractivity contribution in [2.24, 2.45) is 0 Å². The molecule has 0 bridgehead atoms. The maximum Gasteiger partial charge on any atom is 0.278 e. The van der Waals surface area contributed by atoms with Crippen LogP contribution in [0.4, 0.5) is 11.4 Å². The van der Waals surface area contributed by atoms with Crippen molar-refractivity contribution in [2.75, 3.05) is 24.4 Å². The van der Waals surface area contributed by atoms with Crippen LogP contribution in [0.2, 0.25) is 0 Å². The van der Waals surface area contributed by atoms with E-state index in [9.17, 15) is 9.59 Å². The largest absolute Gasteiger partial charge is 0.497 e. The molecule has 0 spiro atoms. The van der Waals surface area contributed by atoms with Crippen LogP contribution in [-0.4, -0.2) is 40.5 Å². The van der Waals surface area contributed by atoms with Crippen molar-refractivity contribution in [3.05, 3.63) is 59.9 Å².